The van der Waals surface area contributed by atoms with E-state index in [0.717, 1.165) is 32.1 Å². The number of amides is 1. The Bertz CT molecular complexity index is 1260. The summed E-state index contributed by atoms with van der Waals surface area (Å²) < 4.78 is 22.7. The highest BCUT2D eigenvalue weighted by molar-refractivity contribution is 5.76. The SMILES string of the molecule is CCCCCCCCCCCCCC/C=C/CC/C=C/C(O)C(COC1OC(CO)C(OC2OC(CO)C(O)C(O)C2O)C(O)C1O)NC(=O)CCCCCCCCCCCCCCCCCCC. The summed E-state index contributed by atoms with van der Waals surface area (Å²) in [6.07, 6.45) is 30.7. The van der Waals surface area contributed by atoms with Gasteiger partial charge in [-0.3, -0.25) is 4.79 Å². The fraction of sp³-hybridized carbons (Fsp3) is 0.909. The monoisotopic (exact) mass is 986 g/mol. The molecule has 406 valence electrons. The molecule has 1 amide bonds. The molecule has 0 radical (unpaired) electrons. The van der Waals surface area contributed by atoms with Crippen LogP contribution < -0.4 is 5.32 Å². The quantitative estimate of drug-likeness (QED) is 0.0206. The molecule has 0 aromatic carbocycles. The third-order valence-electron chi connectivity index (χ3n) is 13.9. The van der Waals surface area contributed by atoms with E-state index < -0.39 is 86.8 Å². The number of hydrogen-bond donors (Lipinski definition) is 9. The Morgan fingerprint density at radius 3 is 1.42 bits per heavy atom. The number of aliphatic hydroxyl groups is 8. The first kappa shape index (κ1) is 63.6. The summed E-state index contributed by atoms with van der Waals surface area (Å²) in [4.78, 5) is 13.2. The van der Waals surface area contributed by atoms with Gasteiger partial charge in [-0.1, -0.05) is 212 Å². The van der Waals surface area contributed by atoms with Crippen LogP contribution in [0.4, 0.5) is 0 Å². The molecule has 12 unspecified atom stereocenters. The third-order valence-corrected chi connectivity index (χ3v) is 13.9. The van der Waals surface area contributed by atoms with Gasteiger partial charge in [0, 0.05) is 6.42 Å². The van der Waals surface area contributed by atoms with Crippen LogP contribution in [0.25, 0.3) is 0 Å². The van der Waals surface area contributed by atoms with Gasteiger partial charge in [-0.15, -0.1) is 0 Å². The predicted octanol–water partition coefficient (Wildman–Crippen LogP) is 8.50. The first-order chi connectivity index (χ1) is 33.6. The van der Waals surface area contributed by atoms with E-state index in [1.807, 2.05) is 6.08 Å². The molecule has 2 aliphatic heterocycles. The van der Waals surface area contributed by atoms with Gasteiger partial charge in [-0.05, 0) is 32.1 Å². The second kappa shape index (κ2) is 41.9. The zero-order valence-electron chi connectivity index (χ0n) is 43.3. The van der Waals surface area contributed by atoms with Crippen molar-refractivity contribution >= 4 is 5.91 Å². The number of carbonyl (C=O) groups excluding carboxylic acids is 1. The van der Waals surface area contributed by atoms with Crippen LogP contribution in [0, 0.1) is 0 Å². The maximum atomic E-state index is 13.2. The van der Waals surface area contributed by atoms with Crippen molar-refractivity contribution in [2.24, 2.45) is 0 Å². The Labute approximate surface area is 418 Å². The Hall–Kier alpha value is -1.53. The largest absolute Gasteiger partial charge is 0.394 e. The Kier molecular flexibility index (Phi) is 38.6. The van der Waals surface area contributed by atoms with Crippen LogP contribution in [0.3, 0.4) is 0 Å². The lowest BCUT2D eigenvalue weighted by atomic mass is 9.97. The van der Waals surface area contributed by atoms with Gasteiger partial charge in [0.15, 0.2) is 12.6 Å². The maximum Gasteiger partial charge on any atom is 0.220 e. The number of aliphatic hydroxyl groups excluding tert-OH is 8. The average molecular weight is 986 g/mol. The van der Waals surface area contributed by atoms with E-state index in [4.69, 9.17) is 18.9 Å². The lowest BCUT2D eigenvalue weighted by molar-refractivity contribution is -0.359. The van der Waals surface area contributed by atoms with E-state index in [1.54, 1.807) is 6.08 Å². The Morgan fingerprint density at radius 2 is 0.928 bits per heavy atom. The van der Waals surface area contributed by atoms with Crippen LogP contribution >= 0.6 is 0 Å². The van der Waals surface area contributed by atoms with E-state index in [9.17, 15) is 45.6 Å². The topological polar surface area (TPSA) is 228 Å². The molecule has 0 bridgehead atoms. The van der Waals surface area contributed by atoms with Crippen molar-refractivity contribution in [3.05, 3.63) is 24.3 Å². The van der Waals surface area contributed by atoms with Crippen molar-refractivity contribution in [3.8, 4) is 0 Å². The van der Waals surface area contributed by atoms with Gasteiger partial charge in [-0.25, -0.2) is 0 Å². The second-order valence-corrected chi connectivity index (χ2v) is 20.1. The minimum absolute atomic E-state index is 0.246. The number of unbranched alkanes of at least 4 members (excludes halogenated alkanes) is 29. The van der Waals surface area contributed by atoms with Gasteiger partial charge in [0.1, 0.15) is 48.8 Å². The summed E-state index contributed by atoms with van der Waals surface area (Å²) >= 11 is 0. The van der Waals surface area contributed by atoms with Gasteiger partial charge in [0.05, 0.1) is 32.0 Å². The zero-order chi connectivity index (χ0) is 50.3. The van der Waals surface area contributed by atoms with Crippen molar-refractivity contribution < 1.29 is 64.6 Å². The summed E-state index contributed by atoms with van der Waals surface area (Å²) in [7, 11) is 0. The van der Waals surface area contributed by atoms with Gasteiger partial charge in [0.2, 0.25) is 5.91 Å². The van der Waals surface area contributed by atoms with Crippen molar-refractivity contribution in [1.82, 2.24) is 5.32 Å². The molecule has 2 aliphatic rings. The van der Waals surface area contributed by atoms with Gasteiger partial charge in [0.25, 0.3) is 0 Å². The molecule has 2 fully saturated rings. The molecule has 14 nitrogen and oxygen atoms in total. The van der Waals surface area contributed by atoms with Crippen LogP contribution in [0.15, 0.2) is 24.3 Å². The van der Waals surface area contributed by atoms with Gasteiger partial charge >= 0.3 is 0 Å². The van der Waals surface area contributed by atoms with Crippen LogP contribution in [-0.4, -0.2) is 140 Å². The lowest BCUT2D eigenvalue weighted by Gasteiger charge is -2.46. The molecule has 2 rings (SSSR count). The highest BCUT2D eigenvalue weighted by atomic mass is 16.7. The maximum absolute atomic E-state index is 13.2. The molecule has 2 heterocycles. The van der Waals surface area contributed by atoms with Crippen molar-refractivity contribution in [3.63, 3.8) is 0 Å². The summed E-state index contributed by atoms with van der Waals surface area (Å²) in [5.41, 5.74) is 0. The number of allylic oxidation sites excluding steroid dienone is 3. The first-order valence-corrected chi connectivity index (χ1v) is 28.1. The molecule has 0 saturated carbocycles. The second-order valence-electron chi connectivity index (χ2n) is 20.1. The van der Waals surface area contributed by atoms with Crippen molar-refractivity contribution in [2.45, 2.75) is 299 Å². The Morgan fingerprint density at radius 1 is 0.507 bits per heavy atom. The fourth-order valence-corrected chi connectivity index (χ4v) is 9.31. The minimum Gasteiger partial charge on any atom is -0.394 e. The average Bonchev–Trinajstić information content (AvgIpc) is 3.35. The van der Waals surface area contributed by atoms with E-state index >= 15 is 0 Å². The predicted molar refractivity (Wildman–Crippen MR) is 272 cm³/mol. The van der Waals surface area contributed by atoms with Crippen molar-refractivity contribution in [2.75, 3.05) is 19.8 Å². The number of hydrogen-bond acceptors (Lipinski definition) is 13. The third kappa shape index (κ3) is 28.5. The van der Waals surface area contributed by atoms with Crippen LogP contribution in [0.1, 0.15) is 226 Å². The molecule has 0 aromatic rings. The lowest BCUT2D eigenvalue weighted by Crippen LogP contribution is -2.65. The first-order valence-electron chi connectivity index (χ1n) is 28.1. The normalized spacial score (nSPS) is 26.3. The zero-order valence-corrected chi connectivity index (χ0v) is 43.3. The number of nitrogens with one attached hydrogen (secondary N) is 1. The molecule has 0 spiro atoms. The van der Waals surface area contributed by atoms with Crippen LogP contribution in [0.2, 0.25) is 0 Å². The molecule has 0 aliphatic carbocycles. The molecular formula is C55H103NO13. The van der Waals surface area contributed by atoms with E-state index in [0.29, 0.717) is 12.8 Å². The number of rotatable bonds is 44. The van der Waals surface area contributed by atoms with Gasteiger partial charge < -0.3 is 65.1 Å². The molecule has 12 atom stereocenters. The highest BCUT2D eigenvalue weighted by Crippen LogP contribution is 2.30. The fourth-order valence-electron chi connectivity index (χ4n) is 9.31. The van der Waals surface area contributed by atoms with E-state index in [2.05, 4.69) is 31.3 Å². The van der Waals surface area contributed by atoms with Gasteiger partial charge in [-0.2, -0.15) is 0 Å². The summed E-state index contributed by atoms with van der Waals surface area (Å²) in [5, 5.41) is 86.9. The molecule has 14 heteroatoms. The number of ether oxygens (including phenoxy) is 4. The number of carbonyl (C=O) groups is 1. The summed E-state index contributed by atoms with van der Waals surface area (Å²) in [6, 6.07) is -0.926. The van der Waals surface area contributed by atoms with E-state index in [1.165, 1.54) is 161 Å². The molecule has 2 saturated heterocycles. The molecule has 69 heavy (non-hydrogen) atoms. The Balaban J connectivity index is 1.82. The minimum atomic E-state index is -1.79. The standard InChI is InChI=1S/C55H103NO13/c1-3-5-7-9-11-13-15-17-19-21-23-24-26-28-30-32-34-36-38-44(59)43(56-47(60)39-37-35-33-31-29-27-25-22-20-18-16-14-12-10-8-6-4-2)42-66-54-52(65)50(63)53(46(41-58)68-54)69-55-51(64)49(62)48(61)45(40-57)67-55/h28,30,36,38,43-46,48-55,57-59,61-65H,3-27,29,31-35,37,39-42H2,1-2H3,(H,56,60)/b30-28+,38-36+. The highest BCUT2D eigenvalue weighted by Gasteiger charge is 2.51. The summed E-state index contributed by atoms with van der Waals surface area (Å²) in [6.45, 7) is 2.79. The summed E-state index contributed by atoms with van der Waals surface area (Å²) in [5.74, 6) is -0.246. The molecule has 9 N–H and O–H groups in total. The molecule has 0 aromatic heterocycles. The van der Waals surface area contributed by atoms with E-state index in [-0.39, 0.29) is 18.9 Å². The van der Waals surface area contributed by atoms with Crippen LogP contribution in [0.5, 0.6) is 0 Å². The van der Waals surface area contributed by atoms with Crippen LogP contribution in [-0.2, 0) is 23.7 Å². The molecular weight excluding hydrogens is 883 g/mol. The smallest absolute Gasteiger partial charge is 0.220 e. The van der Waals surface area contributed by atoms with Crippen molar-refractivity contribution in [1.29, 1.82) is 0 Å².